The van der Waals surface area contributed by atoms with Crippen molar-refractivity contribution in [2.24, 2.45) is 0 Å². The minimum Gasteiger partial charge on any atom is -0.497 e. The SMILES string of the molecule is CCn1c(COc2ccc(Cl)c(C)c2)nnc1SCC(=O)Nc1ccc(OC)cc1OC. The maximum absolute atomic E-state index is 12.5. The highest BCUT2D eigenvalue weighted by Crippen LogP contribution is 2.29. The lowest BCUT2D eigenvalue weighted by Crippen LogP contribution is -2.15. The molecule has 3 rings (SSSR count). The molecule has 0 radical (unpaired) electrons. The number of aryl methyl sites for hydroxylation is 1. The molecule has 2 aromatic carbocycles. The fourth-order valence-electron chi connectivity index (χ4n) is 2.92. The van der Waals surface area contributed by atoms with Gasteiger partial charge in [-0.3, -0.25) is 4.79 Å². The van der Waals surface area contributed by atoms with Gasteiger partial charge in [0.1, 0.15) is 23.9 Å². The largest absolute Gasteiger partial charge is 0.497 e. The third-order valence-corrected chi connectivity index (χ3v) is 6.01. The first-order valence-electron chi connectivity index (χ1n) is 9.90. The Labute approximate surface area is 196 Å². The lowest BCUT2D eigenvalue weighted by atomic mass is 10.2. The van der Waals surface area contributed by atoms with E-state index in [1.54, 1.807) is 31.4 Å². The van der Waals surface area contributed by atoms with Crippen LogP contribution in [0.2, 0.25) is 5.02 Å². The van der Waals surface area contributed by atoms with Crippen molar-refractivity contribution in [3.8, 4) is 17.2 Å². The molecule has 3 aromatic rings. The summed E-state index contributed by atoms with van der Waals surface area (Å²) in [4.78, 5) is 12.5. The summed E-state index contributed by atoms with van der Waals surface area (Å²) in [6, 6.07) is 10.7. The highest BCUT2D eigenvalue weighted by Gasteiger charge is 2.15. The first-order chi connectivity index (χ1) is 15.4. The van der Waals surface area contributed by atoms with Crippen LogP contribution in [0.5, 0.6) is 17.2 Å². The second-order valence-corrected chi connectivity index (χ2v) is 8.10. The molecule has 0 aliphatic carbocycles. The van der Waals surface area contributed by atoms with E-state index in [9.17, 15) is 4.79 Å². The van der Waals surface area contributed by atoms with E-state index < -0.39 is 0 Å². The number of amides is 1. The number of ether oxygens (including phenoxy) is 3. The minimum atomic E-state index is -0.182. The molecule has 170 valence electrons. The Morgan fingerprint density at radius 2 is 1.91 bits per heavy atom. The molecular weight excluding hydrogens is 452 g/mol. The van der Waals surface area contributed by atoms with Gasteiger partial charge in [0, 0.05) is 17.6 Å². The minimum absolute atomic E-state index is 0.171. The van der Waals surface area contributed by atoms with Crippen LogP contribution in [0.3, 0.4) is 0 Å². The van der Waals surface area contributed by atoms with Crippen LogP contribution in [0.15, 0.2) is 41.6 Å². The highest BCUT2D eigenvalue weighted by atomic mass is 35.5. The third kappa shape index (κ3) is 5.86. The van der Waals surface area contributed by atoms with Crippen LogP contribution in [0.1, 0.15) is 18.3 Å². The van der Waals surface area contributed by atoms with Gasteiger partial charge in [-0.05, 0) is 49.7 Å². The van der Waals surface area contributed by atoms with Gasteiger partial charge >= 0.3 is 0 Å². The molecule has 10 heteroatoms. The number of halogens is 1. The fraction of sp³-hybridized carbons (Fsp3) is 0.318. The number of benzene rings is 2. The van der Waals surface area contributed by atoms with E-state index in [-0.39, 0.29) is 18.3 Å². The zero-order chi connectivity index (χ0) is 23.1. The van der Waals surface area contributed by atoms with Crippen molar-refractivity contribution in [1.29, 1.82) is 0 Å². The van der Waals surface area contributed by atoms with Crippen LogP contribution in [-0.4, -0.2) is 40.6 Å². The second-order valence-electron chi connectivity index (χ2n) is 6.75. The highest BCUT2D eigenvalue weighted by molar-refractivity contribution is 7.99. The number of nitrogens with one attached hydrogen (secondary N) is 1. The van der Waals surface area contributed by atoms with Crippen LogP contribution in [0, 0.1) is 6.92 Å². The maximum atomic E-state index is 12.5. The zero-order valence-electron chi connectivity index (χ0n) is 18.3. The number of anilines is 1. The maximum Gasteiger partial charge on any atom is 0.234 e. The van der Waals surface area contributed by atoms with Crippen molar-refractivity contribution in [3.05, 3.63) is 52.8 Å². The summed E-state index contributed by atoms with van der Waals surface area (Å²) in [6.45, 7) is 4.83. The van der Waals surface area contributed by atoms with Gasteiger partial charge in [0.15, 0.2) is 11.0 Å². The summed E-state index contributed by atoms with van der Waals surface area (Å²) >= 11 is 7.37. The Kier molecular flexibility index (Phi) is 8.24. The summed E-state index contributed by atoms with van der Waals surface area (Å²) in [7, 11) is 3.11. The van der Waals surface area contributed by atoms with Gasteiger partial charge in [0.25, 0.3) is 0 Å². The smallest absolute Gasteiger partial charge is 0.234 e. The van der Waals surface area contributed by atoms with Gasteiger partial charge in [-0.15, -0.1) is 10.2 Å². The quantitative estimate of drug-likeness (QED) is 0.428. The molecule has 0 spiro atoms. The van der Waals surface area contributed by atoms with Crippen LogP contribution in [-0.2, 0) is 17.9 Å². The molecule has 1 aromatic heterocycles. The van der Waals surface area contributed by atoms with Crippen molar-refractivity contribution in [1.82, 2.24) is 14.8 Å². The van der Waals surface area contributed by atoms with E-state index in [2.05, 4.69) is 15.5 Å². The number of nitrogens with zero attached hydrogens (tertiary/aromatic N) is 3. The zero-order valence-corrected chi connectivity index (χ0v) is 19.9. The molecule has 0 fully saturated rings. The van der Waals surface area contributed by atoms with Gasteiger partial charge < -0.3 is 24.1 Å². The van der Waals surface area contributed by atoms with Gasteiger partial charge in [-0.2, -0.15) is 0 Å². The molecule has 0 aliphatic heterocycles. The molecule has 1 N–H and O–H groups in total. The molecule has 0 saturated heterocycles. The molecule has 1 amide bonds. The number of aromatic nitrogens is 3. The van der Waals surface area contributed by atoms with Crippen molar-refractivity contribution in [2.45, 2.75) is 32.2 Å². The Hall–Kier alpha value is -2.91. The number of hydrogen-bond acceptors (Lipinski definition) is 7. The van der Waals surface area contributed by atoms with E-state index in [1.165, 1.54) is 18.9 Å². The molecule has 1 heterocycles. The summed E-state index contributed by atoms with van der Waals surface area (Å²) in [6.07, 6.45) is 0. The molecule has 32 heavy (non-hydrogen) atoms. The van der Waals surface area contributed by atoms with Crippen molar-refractivity contribution in [3.63, 3.8) is 0 Å². The number of hydrogen-bond donors (Lipinski definition) is 1. The lowest BCUT2D eigenvalue weighted by Gasteiger charge is -2.12. The standard InChI is InChI=1S/C22H25ClN4O4S/c1-5-27-20(12-31-16-6-8-17(23)14(2)10-16)25-26-22(27)32-13-21(28)24-18-9-7-15(29-3)11-19(18)30-4/h6-11H,5,12-13H2,1-4H3,(H,24,28). The predicted octanol–water partition coefficient (Wildman–Crippen LogP) is 4.59. The monoisotopic (exact) mass is 476 g/mol. The Balaban J connectivity index is 1.60. The summed E-state index contributed by atoms with van der Waals surface area (Å²) in [5.74, 6) is 2.55. The molecule has 0 bridgehead atoms. The van der Waals surface area contributed by atoms with E-state index in [4.69, 9.17) is 25.8 Å². The van der Waals surface area contributed by atoms with E-state index in [0.717, 1.165) is 5.56 Å². The second kappa shape index (κ2) is 11.1. The number of carbonyl (C=O) groups is 1. The van der Waals surface area contributed by atoms with Crippen molar-refractivity contribution in [2.75, 3.05) is 25.3 Å². The normalized spacial score (nSPS) is 10.7. The molecule has 0 saturated carbocycles. The van der Waals surface area contributed by atoms with Crippen LogP contribution >= 0.6 is 23.4 Å². The molecular formula is C22H25ClN4O4S. The Morgan fingerprint density at radius 3 is 2.59 bits per heavy atom. The number of carbonyl (C=O) groups excluding carboxylic acids is 1. The molecule has 0 unspecified atom stereocenters. The van der Waals surface area contributed by atoms with Gasteiger partial charge in [0.2, 0.25) is 5.91 Å². The Morgan fingerprint density at radius 1 is 1.12 bits per heavy atom. The Bertz CT molecular complexity index is 1090. The fourth-order valence-corrected chi connectivity index (χ4v) is 3.86. The number of thioether (sulfide) groups is 1. The first-order valence-corrected chi connectivity index (χ1v) is 11.3. The van der Waals surface area contributed by atoms with Crippen LogP contribution in [0.25, 0.3) is 0 Å². The van der Waals surface area contributed by atoms with Crippen molar-refractivity contribution < 1.29 is 19.0 Å². The van der Waals surface area contributed by atoms with Crippen LogP contribution < -0.4 is 19.5 Å². The number of rotatable bonds is 10. The predicted molar refractivity (Wildman–Crippen MR) is 125 cm³/mol. The topological polar surface area (TPSA) is 87.5 Å². The molecule has 0 aliphatic rings. The first kappa shape index (κ1) is 23.7. The van der Waals surface area contributed by atoms with Gasteiger partial charge in [-0.1, -0.05) is 23.4 Å². The lowest BCUT2D eigenvalue weighted by molar-refractivity contribution is -0.113. The van der Waals surface area contributed by atoms with E-state index in [1.807, 2.05) is 30.5 Å². The third-order valence-electron chi connectivity index (χ3n) is 4.62. The summed E-state index contributed by atoms with van der Waals surface area (Å²) in [5.41, 5.74) is 1.51. The van der Waals surface area contributed by atoms with Crippen LogP contribution in [0.4, 0.5) is 5.69 Å². The van der Waals surface area contributed by atoms with Gasteiger partial charge in [-0.25, -0.2) is 0 Å². The van der Waals surface area contributed by atoms with E-state index >= 15 is 0 Å². The van der Waals surface area contributed by atoms with E-state index in [0.29, 0.717) is 45.5 Å². The number of methoxy groups -OCH3 is 2. The summed E-state index contributed by atoms with van der Waals surface area (Å²) < 4.78 is 18.3. The summed E-state index contributed by atoms with van der Waals surface area (Å²) in [5, 5.41) is 12.6. The molecule has 8 nitrogen and oxygen atoms in total. The molecule has 0 atom stereocenters. The average molecular weight is 477 g/mol. The average Bonchev–Trinajstić information content (AvgIpc) is 3.20. The van der Waals surface area contributed by atoms with Crippen molar-refractivity contribution >= 4 is 35.0 Å². The van der Waals surface area contributed by atoms with Gasteiger partial charge in [0.05, 0.1) is 25.7 Å².